The molecule has 0 saturated heterocycles. The number of methoxy groups -OCH3 is 1. The minimum absolute atomic E-state index is 0.0388. The van der Waals surface area contributed by atoms with Gasteiger partial charge < -0.3 is 14.9 Å². The zero-order valence-electron chi connectivity index (χ0n) is 11.1. The Kier molecular flexibility index (Phi) is 4.63. The normalized spacial score (nSPS) is 26.9. The van der Waals surface area contributed by atoms with Crippen LogP contribution in [0.2, 0.25) is 0 Å². The van der Waals surface area contributed by atoms with Crippen LogP contribution in [0.3, 0.4) is 0 Å². The Labute approximate surface area is 113 Å². The summed E-state index contributed by atoms with van der Waals surface area (Å²) in [7, 11) is 1.66. The van der Waals surface area contributed by atoms with Crippen LogP contribution in [0.5, 0.6) is 0 Å². The predicted molar refractivity (Wildman–Crippen MR) is 75.5 cm³/mol. The van der Waals surface area contributed by atoms with E-state index in [9.17, 15) is 10.2 Å². The molecule has 0 aliphatic heterocycles. The topological polar surface area (TPSA) is 49.7 Å². The molecule has 0 aromatic heterocycles. The van der Waals surface area contributed by atoms with Crippen molar-refractivity contribution in [1.29, 1.82) is 0 Å². The van der Waals surface area contributed by atoms with Gasteiger partial charge in [-0.25, -0.2) is 0 Å². The van der Waals surface area contributed by atoms with Gasteiger partial charge in [0.05, 0.1) is 19.5 Å². The Morgan fingerprint density at radius 1 is 1.37 bits per heavy atom. The maximum absolute atomic E-state index is 9.27. The Morgan fingerprint density at radius 2 is 2.16 bits per heavy atom. The third-order valence-electron chi connectivity index (χ3n) is 3.38. The molecule has 0 aromatic carbocycles. The SMILES string of the molecule is COC1=CC(CO)=CC(/C=C/C2C=CC(O)=CC2)C1. The smallest absolute Gasteiger partial charge is 0.111 e. The number of aliphatic hydroxyl groups is 2. The second kappa shape index (κ2) is 6.43. The summed E-state index contributed by atoms with van der Waals surface area (Å²) in [5.74, 6) is 1.83. The Balaban J connectivity index is 1.98. The van der Waals surface area contributed by atoms with Gasteiger partial charge in [0.2, 0.25) is 0 Å². The van der Waals surface area contributed by atoms with Crippen LogP contribution >= 0.6 is 0 Å². The number of ether oxygens (including phenoxy) is 1. The van der Waals surface area contributed by atoms with Gasteiger partial charge in [0.1, 0.15) is 5.76 Å². The molecule has 3 heteroatoms. The van der Waals surface area contributed by atoms with Gasteiger partial charge in [0, 0.05) is 12.3 Å². The van der Waals surface area contributed by atoms with Crippen molar-refractivity contribution >= 4 is 0 Å². The molecule has 0 spiro atoms. The van der Waals surface area contributed by atoms with Crippen molar-refractivity contribution in [3.8, 4) is 0 Å². The average Bonchev–Trinajstić information content (AvgIpc) is 2.46. The largest absolute Gasteiger partial charge is 0.508 e. The fourth-order valence-electron chi connectivity index (χ4n) is 2.30. The van der Waals surface area contributed by atoms with Crippen LogP contribution in [0.1, 0.15) is 12.8 Å². The first-order valence-electron chi connectivity index (χ1n) is 6.53. The highest BCUT2D eigenvalue weighted by Gasteiger charge is 2.14. The van der Waals surface area contributed by atoms with Crippen LogP contribution in [0.4, 0.5) is 0 Å². The molecule has 2 rings (SSSR count). The number of allylic oxidation sites excluding steroid dienone is 7. The van der Waals surface area contributed by atoms with Crippen molar-refractivity contribution < 1.29 is 14.9 Å². The quantitative estimate of drug-likeness (QED) is 0.764. The van der Waals surface area contributed by atoms with Gasteiger partial charge in [0.25, 0.3) is 0 Å². The maximum Gasteiger partial charge on any atom is 0.111 e. The molecule has 0 amide bonds. The molecule has 0 bridgehead atoms. The van der Waals surface area contributed by atoms with Gasteiger partial charge in [-0.15, -0.1) is 0 Å². The first kappa shape index (κ1) is 13.7. The zero-order valence-corrected chi connectivity index (χ0v) is 11.1. The van der Waals surface area contributed by atoms with Crippen molar-refractivity contribution in [2.75, 3.05) is 13.7 Å². The van der Waals surface area contributed by atoms with E-state index in [2.05, 4.69) is 18.2 Å². The molecule has 2 unspecified atom stereocenters. The van der Waals surface area contributed by atoms with Crippen LogP contribution < -0.4 is 0 Å². The summed E-state index contributed by atoms with van der Waals surface area (Å²) in [6.07, 6.45) is 15.5. The number of hydrogen-bond acceptors (Lipinski definition) is 3. The van der Waals surface area contributed by atoms with Crippen LogP contribution in [-0.4, -0.2) is 23.9 Å². The highest BCUT2D eigenvalue weighted by molar-refractivity contribution is 5.30. The van der Waals surface area contributed by atoms with E-state index in [4.69, 9.17) is 4.74 Å². The van der Waals surface area contributed by atoms with Crippen molar-refractivity contribution in [3.05, 3.63) is 59.6 Å². The first-order chi connectivity index (χ1) is 9.21. The van der Waals surface area contributed by atoms with Crippen LogP contribution in [0, 0.1) is 11.8 Å². The predicted octanol–water partition coefficient (Wildman–Crippen LogP) is 3.03. The number of rotatable bonds is 4. The minimum Gasteiger partial charge on any atom is -0.508 e. The second-order valence-electron chi connectivity index (χ2n) is 4.86. The molecular formula is C16H20O3. The summed E-state index contributed by atoms with van der Waals surface area (Å²) in [6.45, 7) is 0.0388. The van der Waals surface area contributed by atoms with E-state index < -0.39 is 0 Å². The van der Waals surface area contributed by atoms with Gasteiger partial charge in [-0.1, -0.05) is 24.3 Å². The molecule has 3 nitrogen and oxygen atoms in total. The summed E-state index contributed by atoms with van der Waals surface area (Å²) in [5, 5.41) is 18.5. The van der Waals surface area contributed by atoms with Crippen LogP contribution in [-0.2, 0) is 4.74 Å². The fraction of sp³-hybridized carbons (Fsp3) is 0.375. The molecular weight excluding hydrogens is 240 g/mol. The molecule has 0 fully saturated rings. The Hall–Kier alpha value is -1.74. The summed E-state index contributed by atoms with van der Waals surface area (Å²) >= 11 is 0. The van der Waals surface area contributed by atoms with E-state index in [1.54, 1.807) is 13.2 Å². The van der Waals surface area contributed by atoms with Gasteiger partial charge in [0.15, 0.2) is 0 Å². The lowest BCUT2D eigenvalue weighted by atomic mass is 9.92. The highest BCUT2D eigenvalue weighted by atomic mass is 16.5. The highest BCUT2D eigenvalue weighted by Crippen LogP contribution is 2.25. The average molecular weight is 260 g/mol. The van der Waals surface area contributed by atoms with Crippen molar-refractivity contribution in [3.63, 3.8) is 0 Å². The van der Waals surface area contributed by atoms with E-state index in [1.165, 1.54) is 0 Å². The zero-order chi connectivity index (χ0) is 13.7. The fourth-order valence-corrected chi connectivity index (χ4v) is 2.30. The minimum atomic E-state index is 0.0388. The second-order valence-corrected chi connectivity index (χ2v) is 4.86. The molecule has 19 heavy (non-hydrogen) atoms. The van der Waals surface area contributed by atoms with Gasteiger partial charge in [-0.2, -0.15) is 0 Å². The maximum atomic E-state index is 9.27. The third kappa shape index (κ3) is 3.86. The monoisotopic (exact) mass is 260 g/mol. The van der Waals surface area contributed by atoms with E-state index >= 15 is 0 Å². The van der Waals surface area contributed by atoms with Crippen LogP contribution in [0.25, 0.3) is 0 Å². The summed E-state index contributed by atoms with van der Waals surface area (Å²) in [5.41, 5.74) is 0.898. The van der Waals surface area contributed by atoms with Crippen molar-refractivity contribution in [2.45, 2.75) is 12.8 Å². The lowest BCUT2D eigenvalue weighted by Crippen LogP contribution is -2.07. The number of hydrogen-bond donors (Lipinski definition) is 2. The molecule has 2 atom stereocenters. The molecule has 0 aromatic rings. The van der Waals surface area contributed by atoms with E-state index in [0.29, 0.717) is 11.7 Å². The summed E-state index contributed by atoms with van der Waals surface area (Å²) < 4.78 is 5.28. The van der Waals surface area contributed by atoms with Gasteiger partial charge in [-0.3, -0.25) is 0 Å². The standard InChI is InChI=1S/C16H20O3/c1-19-16-9-13(8-14(10-16)11-17)3-2-12-4-6-15(18)7-5-12/h2-4,6-8,10,12-13,17-18H,5,9,11H2,1H3/b3-2+. The first-order valence-corrected chi connectivity index (χ1v) is 6.53. The van der Waals surface area contributed by atoms with Crippen molar-refractivity contribution in [2.24, 2.45) is 11.8 Å². The Bertz CT molecular complexity index is 466. The van der Waals surface area contributed by atoms with Gasteiger partial charge >= 0.3 is 0 Å². The third-order valence-corrected chi connectivity index (χ3v) is 3.38. The Morgan fingerprint density at radius 3 is 2.79 bits per heavy atom. The van der Waals surface area contributed by atoms with E-state index in [0.717, 1.165) is 24.2 Å². The summed E-state index contributed by atoms with van der Waals surface area (Å²) in [6, 6.07) is 0. The van der Waals surface area contributed by atoms with E-state index in [-0.39, 0.29) is 12.5 Å². The van der Waals surface area contributed by atoms with E-state index in [1.807, 2.05) is 18.2 Å². The van der Waals surface area contributed by atoms with Crippen molar-refractivity contribution in [1.82, 2.24) is 0 Å². The van der Waals surface area contributed by atoms with Gasteiger partial charge in [-0.05, 0) is 36.1 Å². The molecule has 0 heterocycles. The molecule has 2 N–H and O–H groups in total. The van der Waals surface area contributed by atoms with Crippen LogP contribution in [0.15, 0.2) is 59.6 Å². The lowest BCUT2D eigenvalue weighted by Gasteiger charge is -2.18. The summed E-state index contributed by atoms with van der Waals surface area (Å²) in [4.78, 5) is 0. The number of aliphatic hydroxyl groups excluding tert-OH is 2. The molecule has 2 aliphatic carbocycles. The lowest BCUT2D eigenvalue weighted by molar-refractivity contribution is 0.265. The molecule has 2 aliphatic rings. The molecule has 102 valence electrons. The molecule has 0 radical (unpaired) electrons. The molecule has 0 saturated carbocycles.